The van der Waals surface area contributed by atoms with Gasteiger partial charge in [0.2, 0.25) is 11.8 Å². The molecule has 0 aromatic heterocycles. The average molecular weight is 442 g/mol. The number of nitrogens with zero attached hydrogens (tertiary/aromatic N) is 1. The van der Waals surface area contributed by atoms with Crippen molar-refractivity contribution in [3.8, 4) is 11.1 Å². The summed E-state index contributed by atoms with van der Waals surface area (Å²) in [5, 5.41) is 0. The minimum Gasteiger partial charge on any atom is -0.274 e. The summed E-state index contributed by atoms with van der Waals surface area (Å²) >= 11 is 0. The van der Waals surface area contributed by atoms with E-state index in [0.717, 1.165) is 11.1 Å². The van der Waals surface area contributed by atoms with Crippen LogP contribution in [0, 0.1) is 11.8 Å². The molecular weight excluding hydrogens is 418 g/mol. The maximum absolute atomic E-state index is 14.0. The highest BCUT2D eigenvalue weighted by Gasteiger charge is 2.66. The van der Waals surface area contributed by atoms with Crippen LogP contribution in [0.25, 0.3) is 11.1 Å². The first-order valence-corrected chi connectivity index (χ1v) is 11.8. The predicted octanol–water partition coefficient (Wildman–Crippen LogP) is 5.92. The van der Waals surface area contributed by atoms with E-state index < -0.39 is 11.3 Å². The van der Waals surface area contributed by atoms with Crippen molar-refractivity contribution in [1.82, 2.24) is 0 Å². The molecule has 0 radical (unpaired) electrons. The highest BCUT2D eigenvalue weighted by atomic mass is 16.2. The smallest absolute Gasteiger partial charge is 0.238 e. The summed E-state index contributed by atoms with van der Waals surface area (Å²) in [5.41, 5.74) is 7.04. The molecule has 0 saturated carbocycles. The van der Waals surface area contributed by atoms with Gasteiger partial charge >= 0.3 is 0 Å². The van der Waals surface area contributed by atoms with Crippen molar-refractivity contribution < 1.29 is 9.59 Å². The SMILES string of the molecule is CC12c3ccccc3C(c3ccccc31)[C@H]1C(=O)N(c3ccc(-c4ccccc4)cc3)C(=O)[C@@H]12. The van der Waals surface area contributed by atoms with Crippen LogP contribution in [0.4, 0.5) is 5.69 Å². The minimum atomic E-state index is -0.530. The molecule has 0 unspecified atom stereocenters. The van der Waals surface area contributed by atoms with Gasteiger partial charge in [0.1, 0.15) is 0 Å². The summed E-state index contributed by atoms with van der Waals surface area (Å²) in [6, 6.07) is 34.7. The molecule has 3 aliphatic carbocycles. The number of amides is 2. The maximum atomic E-state index is 14.0. The quantitative estimate of drug-likeness (QED) is 0.362. The zero-order valence-corrected chi connectivity index (χ0v) is 18.8. The van der Waals surface area contributed by atoms with Crippen LogP contribution >= 0.6 is 0 Å². The first kappa shape index (κ1) is 19.5. The first-order chi connectivity index (χ1) is 16.6. The van der Waals surface area contributed by atoms with Gasteiger partial charge < -0.3 is 0 Å². The third-order valence-corrected chi connectivity index (χ3v) is 8.28. The second-order valence-electron chi connectivity index (χ2n) is 9.78. The molecule has 0 N–H and O–H groups in total. The van der Waals surface area contributed by atoms with E-state index >= 15 is 0 Å². The topological polar surface area (TPSA) is 37.4 Å². The number of rotatable bonds is 2. The molecule has 4 aliphatic rings. The van der Waals surface area contributed by atoms with Gasteiger partial charge in [0.25, 0.3) is 0 Å². The molecule has 2 atom stereocenters. The molecule has 1 fully saturated rings. The van der Waals surface area contributed by atoms with E-state index in [1.54, 1.807) is 0 Å². The van der Waals surface area contributed by atoms with Crippen LogP contribution < -0.4 is 4.90 Å². The van der Waals surface area contributed by atoms with Crippen LogP contribution in [0.3, 0.4) is 0 Å². The summed E-state index contributed by atoms with van der Waals surface area (Å²) in [7, 11) is 0. The standard InChI is InChI=1S/C31H23NO2/c1-31-24-13-7-5-11-22(24)26(23-12-6-8-14-25(23)31)27-28(31)30(34)32(29(27)33)21-17-15-20(16-18-21)19-9-3-2-4-10-19/h2-18,26-28H,1H3/t26?,27-,28-,31?/m1/s1. The fourth-order valence-electron chi connectivity index (χ4n) is 6.84. The lowest BCUT2D eigenvalue weighted by Gasteiger charge is -2.52. The lowest BCUT2D eigenvalue weighted by atomic mass is 9.48. The summed E-state index contributed by atoms with van der Waals surface area (Å²) in [6.45, 7) is 2.16. The number of hydrogen-bond donors (Lipinski definition) is 0. The Labute approximate surface area is 198 Å². The lowest BCUT2D eigenvalue weighted by Crippen LogP contribution is -2.51. The van der Waals surface area contributed by atoms with E-state index in [4.69, 9.17) is 0 Å². The third-order valence-electron chi connectivity index (χ3n) is 8.28. The Kier molecular flexibility index (Phi) is 3.88. The number of anilines is 1. The summed E-state index contributed by atoms with van der Waals surface area (Å²) in [5.74, 6) is -1.04. The first-order valence-electron chi connectivity index (χ1n) is 11.8. The third kappa shape index (κ3) is 2.31. The van der Waals surface area contributed by atoms with E-state index in [9.17, 15) is 9.59 Å². The molecule has 3 heteroatoms. The summed E-state index contributed by atoms with van der Waals surface area (Å²) in [6.07, 6.45) is 0. The normalized spacial score (nSPS) is 26.3. The van der Waals surface area contributed by atoms with Gasteiger partial charge in [-0.15, -0.1) is 0 Å². The Morgan fingerprint density at radius 2 is 1.15 bits per heavy atom. The van der Waals surface area contributed by atoms with Crippen LogP contribution in [0.1, 0.15) is 35.1 Å². The van der Waals surface area contributed by atoms with Gasteiger partial charge in [0.05, 0.1) is 17.5 Å². The molecule has 0 spiro atoms. The van der Waals surface area contributed by atoms with Crippen LogP contribution in [-0.4, -0.2) is 11.8 Å². The van der Waals surface area contributed by atoms with Crippen LogP contribution in [0.5, 0.6) is 0 Å². The molecular formula is C31H23NO2. The molecule has 8 rings (SSSR count). The van der Waals surface area contributed by atoms with Gasteiger partial charge in [0, 0.05) is 11.3 Å². The molecule has 1 aliphatic heterocycles. The van der Waals surface area contributed by atoms with Crippen LogP contribution in [-0.2, 0) is 15.0 Å². The molecule has 164 valence electrons. The van der Waals surface area contributed by atoms with Gasteiger partial charge in [-0.05, 0) is 45.5 Å². The van der Waals surface area contributed by atoms with Crippen molar-refractivity contribution in [3.05, 3.63) is 125 Å². The van der Waals surface area contributed by atoms with E-state index in [0.29, 0.717) is 5.69 Å². The summed E-state index contributed by atoms with van der Waals surface area (Å²) in [4.78, 5) is 29.4. The van der Waals surface area contributed by atoms with Crippen LogP contribution in [0.15, 0.2) is 103 Å². The molecule has 34 heavy (non-hydrogen) atoms. The number of hydrogen-bond acceptors (Lipinski definition) is 2. The van der Waals surface area contributed by atoms with Crippen molar-refractivity contribution in [2.75, 3.05) is 4.90 Å². The lowest BCUT2D eigenvalue weighted by molar-refractivity contribution is -0.123. The number of imide groups is 1. The Balaban J connectivity index is 1.36. The van der Waals surface area contributed by atoms with Crippen molar-refractivity contribution >= 4 is 17.5 Å². The van der Waals surface area contributed by atoms with Gasteiger partial charge in [-0.3, -0.25) is 9.59 Å². The zero-order chi connectivity index (χ0) is 23.0. The number of benzene rings is 4. The Bertz CT molecular complexity index is 1420. The van der Waals surface area contributed by atoms with Crippen molar-refractivity contribution in [1.29, 1.82) is 0 Å². The van der Waals surface area contributed by atoms with Crippen molar-refractivity contribution in [2.24, 2.45) is 11.8 Å². The fourth-order valence-corrected chi connectivity index (χ4v) is 6.84. The average Bonchev–Trinajstić information content (AvgIpc) is 3.16. The molecule has 2 bridgehead atoms. The molecule has 1 saturated heterocycles. The predicted molar refractivity (Wildman–Crippen MR) is 133 cm³/mol. The van der Waals surface area contributed by atoms with Crippen LogP contribution in [0.2, 0.25) is 0 Å². The maximum Gasteiger partial charge on any atom is 0.238 e. The number of carbonyl (C=O) groups is 2. The Hall–Kier alpha value is -3.98. The molecule has 4 aromatic carbocycles. The number of carbonyl (C=O) groups excluding carboxylic acids is 2. The second-order valence-corrected chi connectivity index (χ2v) is 9.78. The van der Waals surface area contributed by atoms with E-state index in [-0.39, 0.29) is 23.7 Å². The molecule has 3 nitrogen and oxygen atoms in total. The van der Waals surface area contributed by atoms with Gasteiger partial charge in [-0.2, -0.15) is 0 Å². The van der Waals surface area contributed by atoms with Gasteiger partial charge in [0.15, 0.2) is 0 Å². The highest BCUT2D eigenvalue weighted by Crippen LogP contribution is 2.64. The molecule has 1 heterocycles. The Morgan fingerprint density at radius 3 is 1.76 bits per heavy atom. The summed E-state index contributed by atoms with van der Waals surface area (Å²) < 4.78 is 0. The van der Waals surface area contributed by atoms with E-state index in [1.807, 2.05) is 66.7 Å². The largest absolute Gasteiger partial charge is 0.274 e. The van der Waals surface area contributed by atoms with Crippen molar-refractivity contribution in [3.63, 3.8) is 0 Å². The molecule has 2 amide bonds. The second kappa shape index (κ2) is 6.77. The van der Waals surface area contributed by atoms with Gasteiger partial charge in [-0.25, -0.2) is 4.90 Å². The minimum absolute atomic E-state index is 0.0808. The zero-order valence-electron chi connectivity index (χ0n) is 18.8. The van der Waals surface area contributed by atoms with E-state index in [1.165, 1.54) is 27.2 Å². The van der Waals surface area contributed by atoms with Gasteiger partial charge in [-0.1, -0.05) is 97.9 Å². The van der Waals surface area contributed by atoms with E-state index in [2.05, 4.69) is 43.3 Å². The van der Waals surface area contributed by atoms with Crippen molar-refractivity contribution in [2.45, 2.75) is 18.3 Å². The fraction of sp³-hybridized carbons (Fsp3) is 0.161. The Morgan fingerprint density at radius 1 is 0.618 bits per heavy atom. The highest BCUT2D eigenvalue weighted by molar-refractivity contribution is 6.23. The monoisotopic (exact) mass is 441 g/mol. The molecule has 4 aromatic rings.